The molecule has 0 unspecified atom stereocenters. The number of rotatable bonds is 3. The van der Waals surface area contributed by atoms with Gasteiger partial charge in [0.2, 0.25) is 0 Å². The van der Waals surface area contributed by atoms with Crippen LogP contribution in [0.1, 0.15) is 0 Å². The summed E-state index contributed by atoms with van der Waals surface area (Å²) in [7, 11) is 0. The summed E-state index contributed by atoms with van der Waals surface area (Å²) in [6.45, 7) is 0. The number of nitrogens with zero attached hydrogens (tertiary/aromatic N) is 1. The molecule has 5 nitrogen and oxygen atoms in total. The maximum atomic E-state index is 10.3. The number of fused-ring (bicyclic) bond motifs is 1. The number of carboxylic acid groups (broad SMARTS) is 1. The molecule has 1 aromatic carbocycles. The Bertz CT molecular complexity index is 509. The van der Waals surface area contributed by atoms with E-state index in [0.29, 0.717) is 22.0 Å². The Morgan fingerprint density at radius 1 is 1.60 bits per heavy atom. The number of oxazole rings is 1. The van der Waals surface area contributed by atoms with Crippen molar-refractivity contribution in [1.82, 2.24) is 4.98 Å². The highest BCUT2D eigenvalue weighted by Gasteiger charge is 2.08. The molecule has 0 aliphatic rings. The van der Waals surface area contributed by atoms with Crippen LogP contribution in [0.3, 0.4) is 0 Å². The molecule has 1 heterocycles. The predicted octanol–water partition coefficient (Wildman–Crippen LogP) is 1.59. The van der Waals surface area contributed by atoms with E-state index in [2.05, 4.69) is 4.98 Å². The minimum atomic E-state index is -0.901. The van der Waals surface area contributed by atoms with E-state index in [9.17, 15) is 4.79 Å². The van der Waals surface area contributed by atoms with Crippen LogP contribution in [-0.2, 0) is 4.79 Å². The van der Waals surface area contributed by atoms with Crippen molar-refractivity contribution in [2.45, 2.75) is 5.22 Å². The number of carbonyl (C=O) groups is 1. The summed E-state index contributed by atoms with van der Waals surface area (Å²) in [5, 5.41) is 8.83. The van der Waals surface area contributed by atoms with Gasteiger partial charge in [-0.25, -0.2) is 4.98 Å². The van der Waals surface area contributed by atoms with Gasteiger partial charge in [0.05, 0.1) is 0 Å². The SMILES string of the molecule is Nc1ccc2oc(SCC(=O)O)nc2c1. The second kappa shape index (κ2) is 3.82. The summed E-state index contributed by atoms with van der Waals surface area (Å²) in [5.41, 5.74) is 7.43. The van der Waals surface area contributed by atoms with E-state index in [-0.39, 0.29) is 5.75 Å². The van der Waals surface area contributed by atoms with E-state index in [0.717, 1.165) is 11.8 Å². The molecule has 0 saturated carbocycles. The predicted molar refractivity (Wildman–Crippen MR) is 56.8 cm³/mol. The number of benzene rings is 1. The Hall–Kier alpha value is -1.69. The summed E-state index contributed by atoms with van der Waals surface area (Å²) in [6, 6.07) is 5.10. The van der Waals surface area contributed by atoms with Crippen molar-refractivity contribution in [3.8, 4) is 0 Å². The number of thioether (sulfide) groups is 1. The normalized spacial score (nSPS) is 10.7. The number of hydrogen-bond donors (Lipinski definition) is 2. The van der Waals surface area contributed by atoms with Crippen molar-refractivity contribution in [1.29, 1.82) is 0 Å². The molecule has 0 bridgehead atoms. The number of nitrogens with two attached hydrogens (primary N) is 1. The van der Waals surface area contributed by atoms with Gasteiger partial charge in [0.1, 0.15) is 11.3 Å². The average molecular weight is 224 g/mol. The lowest BCUT2D eigenvalue weighted by Gasteiger charge is -1.88. The van der Waals surface area contributed by atoms with E-state index in [1.807, 2.05) is 0 Å². The molecule has 0 amide bonds. The zero-order valence-corrected chi connectivity index (χ0v) is 8.45. The van der Waals surface area contributed by atoms with E-state index in [4.69, 9.17) is 15.3 Å². The lowest BCUT2D eigenvalue weighted by Crippen LogP contribution is -1.97. The van der Waals surface area contributed by atoms with Gasteiger partial charge in [0.25, 0.3) is 5.22 Å². The van der Waals surface area contributed by atoms with Gasteiger partial charge in [-0.05, 0) is 18.2 Å². The van der Waals surface area contributed by atoms with Crippen LogP contribution in [0.4, 0.5) is 5.69 Å². The third-order valence-electron chi connectivity index (χ3n) is 1.71. The van der Waals surface area contributed by atoms with Crippen LogP contribution < -0.4 is 5.73 Å². The lowest BCUT2D eigenvalue weighted by molar-refractivity contribution is -0.133. The fourth-order valence-electron chi connectivity index (χ4n) is 1.11. The van der Waals surface area contributed by atoms with Gasteiger partial charge in [-0.15, -0.1) is 0 Å². The van der Waals surface area contributed by atoms with E-state index in [1.165, 1.54) is 0 Å². The Balaban J connectivity index is 2.27. The monoisotopic (exact) mass is 224 g/mol. The molecule has 6 heteroatoms. The second-order valence-corrected chi connectivity index (χ2v) is 3.82. The molecule has 2 aromatic rings. The molecule has 0 radical (unpaired) electrons. The Morgan fingerprint density at radius 2 is 2.40 bits per heavy atom. The van der Waals surface area contributed by atoms with Crippen LogP contribution in [-0.4, -0.2) is 21.8 Å². The number of anilines is 1. The molecular formula is C9H8N2O3S. The zero-order valence-electron chi connectivity index (χ0n) is 7.64. The molecule has 1 aromatic heterocycles. The maximum Gasteiger partial charge on any atom is 0.314 e. The molecule has 0 spiro atoms. The third kappa shape index (κ3) is 2.21. The first kappa shape index (κ1) is 9.85. The van der Waals surface area contributed by atoms with Crippen molar-refractivity contribution in [2.24, 2.45) is 0 Å². The third-order valence-corrected chi connectivity index (χ3v) is 2.52. The maximum absolute atomic E-state index is 10.3. The Morgan fingerprint density at radius 3 is 3.13 bits per heavy atom. The first-order valence-electron chi connectivity index (χ1n) is 4.16. The van der Waals surface area contributed by atoms with Gasteiger partial charge in [-0.2, -0.15) is 0 Å². The molecule has 2 rings (SSSR count). The minimum Gasteiger partial charge on any atom is -0.481 e. The van der Waals surface area contributed by atoms with Crippen LogP contribution >= 0.6 is 11.8 Å². The Kier molecular flexibility index (Phi) is 2.51. The minimum absolute atomic E-state index is 0.0672. The van der Waals surface area contributed by atoms with Gasteiger partial charge in [-0.1, -0.05) is 11.8 Å². The summed E-state index contributed by atoms with van der Waals surface area (Å²) in [5.74, 6) is -0.968. The van der Waals surface area contributed by atoms with Crippen LogP contribution in [0.15, 0.2) is 27.8 Å². The summed E-state index contributed by atoms with van der Waals surface area (Å²) >= 11 is 1.04. The molecule has 0 aliphatic heterocycles. The number of aromatic nitrogens is 1. The molecule has 3 N–H and O–H groups in total. The van der Waals surface area contributed by atoms with Crippen molar-refractivity contribution in [2.75, 3.05) is 11.5 Å². The molecule has 0 saturated heterocycles. The molecular weight excluding hydrogens is 216 g/mol. The highest BCUT2D eigenvalue weighted by atomic mass is 32.2. The van der Waals surface area contributed by atoms with Gasteiger partial charge in [0, 0.05) is 5.69 Å². The molecule has 0 atom stereocenters. The van der Waals surface area contributed by atoms with Gasteiger partial charge in [-0.3, -0.25) is 4.79 Å². The molecule has 0 fully saturated rings. The molecule has 0 aliphatic carbocycles. The van der Waals surface area contributed by atoms with E-state index < -0.39 is 5.97 Å². The number of nitrogen functional groups attached to an aromatic ring is 1. The van der Waals surface area contributed by atoms with E-state index in [1.54, 1.807) is 18.2 Å². The van der Waals surface area contributed by atoms with Crippen molar-refractivity contribution in [3.05, 3.63) is 18.2 Å². The first-order chi connectivity index (χ1) is 7.15. The van der Waals surface area contributed by atoms with Crippen LogP contribution in [0.2, 0.25) is 0 Å². The number of carboxylic acids is 1. The van der Waals surface area contributed by atoms with Gasteiger partial charge in [0.15, 0.2) is 5.58 Å². The van der Waals surface area contributed by atoms with Crippen LogP contribution in [0, 0.1) is 0 Å². The molecule has 78 valence electrons. The average Bonchev–Trinajstić information content (AvgIpc) is 2.56. The van der Waals surface area contributed by atoms with Crippen molar-refractivity contribution < 1.29 is 14.3 Å². The number of aliphatic carboxylic acids is 1. The standard InChI is InChI=1S/C9H8N2O3S/c10-5-1-2-7-6(3-5)11-9(14-7)15-4-8(12)13/h1-3H,4,10H2,(H,12,13). The van der Waals surface area contributed by atoms with Gasteiger partial charge < -0.3 is 15.3 Å². The molecule has 15 heavy (non-hydrogen) atoms. The fraction of sp³-hybridized carbons (Fsp3) is 0.111. The largest absolute Gasteiger partial charge is 0.481 e. The lowest BCUT2D eigenvalue weighted by atomic mass is 10.3. The zero-order chi connectivity index (χ0) is 10.8. The highest BCUT2D eigenvalue weighted by molar-refractivity contribution is 7.99. The van der Waals surface area contributed by atoms with Crippen molar-refractivity contribution in [3.63, 3.8) is 0 Å². The van der Waals surface area contributed by atoms with Crippen molar-refractivity contribution >= 4 is 34.5 Å². The smallest absolute Gasteiger partial charge is 0.314 e. The summed E-state index contributed by atoms with van der Waals surface area (Å²) in [6.07, 6.45) is 0. The number of hydrogen-bond acceptors (Lipinski definition) is 5. The van der Waals surface area contributed by atoms with Crippen LogP contribution in [0.25, 0.3) is 11.1 Å². The summed E-state index contributed by atoms with van der Waals surface area (Å²) < 4.78 is 5.31. The van der Waals surface area contributed by atoms with Gasteiger partial charge >= 0.3 is 5.97 Å². The topological polar surface area (TPSA) is 89.3 Å². The second-order valence-electron chi connectivity index (χ2n) is 2.89. The quantitative estimate of drug-likeness (QED) is 0.607. The summed E-state index contributed by atoms with van der Waals surface area (Å²) in [4.78, 5) is 14.4. The van der Waals surface area contributed by atoms with Crippen LogP contribution in [0.5, 0.6) is 0 Å². The Labute approximate surface area is 89.3 Å². The fourth-order valence-corrected chi connectivity index (χ4v) is 1.67. The first-order valence-corrected chi connectivity index (χ1v) is 5.14. The highest BCUT2D eigenvalue weighted by Crippen LogP contribution is 2.24. The van der Waals surface area contributed by atoms with E-state index >= 15 is 0 Å².